The molecular weight excluding hydrogens is 207 g/mol. The molecule has 1 aromatic carbocycles. The standard InChI is InChI=1S/C9H9FO5/c1-15-4-2-5(10)7(6(11)3-4)8(12)9(13)14/h2-3,8,11-12H,1H3,(H,13,14). The van der Waals surface area contributed by atoms with Gasteiger partial charge in [-0.2, -0.15) is 0 Å². The summed E-state index contributed by atoms with van der Waals surface area (Å²) in [5, 5.41) is 26.8. The first-order valence-electron chi connectivity index (χ1n) is 3.94. The molecule has 0 spiro atoms. The van der Waals surface area contributed by atoms with Crippen LogP contribution in [0.15, 0.2) is 12.1 Å². The highest BCUT2D eigenvalue weighted by Crippen LogP contribution is 2.31. The number of aliphatic carboxylic acids is 1. The summed E-state index contributed by atoms with van der Waals surface area (Å²) in [6.45, 7) is 0. The molecule has 1 unspecified atom stereocenters. The molecule has 0 aliphatic rings. The molecule has 6 heteroatoms. The van der Waals surface area contributed by atoms with E-state index in [0.717, 1.165) is 12.1 Å². The number of phenols is 1. The van der Waals surface area contributed by atoms with Crippen LogP contribution < -0.4 is 4.74 Å². The summed E-state index contributed by atoms with van der Waals surface area (Å²) in [4.78, 5) is 10.4. The van der Waals surface area contributed by atoms with Crippen molar-refractivity contribution >= 4 is 5.97 Å². The van der Waals surface area contributed by atoms with Gasteiger partial charge in [-0.1, -0.05) is 0 Å². The van der Waals surface area contributed by atoms with Crippen molar-refractivity contribution in [1.29, 1.82) is 0 Å². The van der Waals surface area contributed by atoms with Gasteiger partial charge in [0.05, 0.1) is 12.7 Å². The number of carboxylic acids is 1. The second-order valence-electron chi connectivity index (χ2n) is 2.78. The van der Waals surface area contributed by atoms with Gasteiger partial charge in [0, 0.05) is 12.1 Å². The molecule has 5 nitrogen and oxygen atoms in total. The summed E-state index contributed by atoms with van der Waals surface area (Å²) in [6.07, 6.45) is -2.10. The number of carbonyl (C=O) groups is 1. The molecule has 15 heavy (non-hydrogen) atoms. The summed E-state index contributed by atoms with van der Waals surface area (Å²) < 4.78 is 17.9. The molecule has 0 bridgehead atoms. The number of aliphatic hydroxyl groups is 1. The van der Waals surface area contributed by atoms with Crippen molar-refractivity contribution in [2.24, 2.45) is 0 Å². The number of phenolic OH excluding ortho intramolecular Hbond substituents is 1. The lowest BCUT2D eigenvalue weighted by molar-refractivity contribution is -0.147. The molecule has 0 amide bonds. The first-order valence-corrected chi connectivity index (χ1v) is 3.94. The van der Waals surface area contributed by atoms with Gasteiger partial charge in [-0.3, -0.25) is 0 Å². The van der Waals surface area contributed by atoms with Gasteiger partial charge >= 0.3 is 5.97 Å². The second-order valence-corrected chi connectivity index (χ2v) is 2.78. The number of hydrogen-bond donors (Lipinski definition) is 3. The topological polar surface area (TPSA) is 87.0 Å². The summed E-state index contributed by atoms with van der Waals surface area (Å²) in [6, 6.07) is 1.89. The lowest BCUT2D eigenvalue weighted by Gasteiger charge is -2.10. The fourth-order valence-electron chi connectivity index (χ4n) is 1.09. The fraction of sp³-hybridized carbons (Fsp3) is 0.222. The predicted octanol–water partition coefficient (Wildman–Crippen LogP) is 0.658. The molecule has 0 fully saturated rings. The van der Waals surface area contributed by atoms with Crippen LogP contribution in [0.25, 0.3) is 0 Å². The van der Waals surface area contributed by atoms with E-state index in [1.54, 1.807) is 0 Å². The molecule has 1 atom stereocenters. The summed E-state index contributed by atoms with van der Waals surface area (Å²) in [5.74, 6) is -3.32. The number of benzene rings is 1. The number of methoxy groups -OCH3 is 1. The van der Waals surface area contributed by atoms with Crippen LogP contribution in [0.5, 0.6) is 11.5 Å². The summed E-state index contributed by atoms with van der Waals surface area (Å²) >= 11 is 0. The van der Waals surface area contributed by atoms with E-state index in [2.05, 4.69) is 4.74 Å². The number of ether oxygens (including phenoxy) is 1. The average molecular weight is 216 g/mol. The zero-order valence-corrected chi connectivity index (χ0v) is 7.77. The smallest absolute Gasteiger partial charge is 0.337 e. The zero-order valence-electron chi connectivity index (χ0n) is 7.77. The quantitative estimate of drug-likeness (QED) is 0.690. The third-order valence-electron chi connectivity index (χ3n) is 1.82. The maximum absolute atomic E-state index is 13.2. The van der Waals surface area contributed by atoms with Crippen molar-refractivity contribution in [3.8, 4) is 11.5 Å². The lowest BCUT2D eigenvalue weighted by atomic mass is 10.1. The Morgan fingerprint density at radius 1 is 1.53 bits per heavy atom. The SMILES string of the molecule is COc1cc(O)c(C(O)C(=O)O)c(F)c1. The third kappa shape index (κ3) is 2.16. The highest BCUT2D eigenvalue weighted by Gasteiger charge is 2.24. The van der Waals surface area contributed by atoms with Crippen LogP contribution in [-0.4, -0.2) is 28.4 Å². The van der Waals surface area contributed by atoms with E-state index in [-0.39, 0.29) is 5.75 Å². The number of aliphatic hydroxyl groups excluding tert-OH is 1. The summed E-state index contributed by atoms with van der Waals surface area (Å²) in [7, 11) is 1.27. The molecule has 0 aliphatic carbocycles. The number of hydrogen-bond acceptors (Lipinski definition) is 4. The van der Waals surface area contributed by atoms with E-state index < -0.39 is 29.2 Å². The Balaban J connectivity index is 3.25. The van der Waals surface area contributed by atoms with Gasteiger partial charge in [-0.25, -0.2) is 9.18 Å². The number of aromatic hydroxyl groups is 1. The molecule has 3 N–H and O–H groups in total. The Morgan fingerprint density at radius 2 is 2.13 bits per heavy atom. The Kier molecular flexibility index (Phi) is 3.11. The van der Waals surface area contributed by atoms with Gasteiger partial charge in [-0.05, 0) is 0 Å². The van der Waals surface area contributed by atoms with Gasteiger partial charge in [0.15, 0.2) is 6.10 Å². The summed E-state index contributed by atoms with van der Waals surface area (Å²) in [5.41, 5.74) is -0.677. The minimum Gasteiger partial charge on any atom is -0.507 e. The number of rotatable bonds is 3. The maximum Gasteiger partial charge on any atom is 0.337 e. The third-order valence-corrected chi connectivity index (χ3v) is 1.82. The van der Waals surface area contributed by atoms with Gasteiger partial charge in [0.1, 0.15) is 17.3 Å². The van der Waals surface area contributed by atoms with Crippen LogP contribution in [0.1, 0.15) is 11.7 Å². The van der Waals surface area contributed by atoms with E-state index in [1.807, 2.05) is 0 Å². The Morgan fingerprint density at radius 3 is 2.53 bits per heavy atom. The van der Waals surface area contributed by atoms with Crippen molar-refractivity contribution < 1.29 is 29.2 Å². The lowest BCUT2D eigenvalue weighted by Crippen LogP contribution is -2.12. The van der Waals surface area contributed by atoms with Crippen LogP contribution in [0.2, 0.25) is 0 Å². The predicted molar refractivity (Wildman–Crippen MR) is 47.2 cm³/mol. The second kappa shape index (κ2) is 4.14. The molecule has 0 radical (unpaired) electrons. The molecule has 0 saturated carbocycles. The molecule has 0 aliphatic heterocycles. The average Bonchev–Trinajstić information content (AvgIpc) is 2.16. The van der Waals surface area contributed by atoms with Crippen LogP contribution in [-0.2, 0) is 4.79 Å². The first kappa shape index (κ1) is 11.3. The molecular formula is C9H9FO5. The molecule has 0 saturated heterocycles. The van der Waals surface area contributed by atoms with Crippen molar-refractivity contribution in [3.05, 3.63) is 23.5 Å². The highest BCUT2D eigenvalue weighted by atomic mass is 19.1. The molecule has 0 aromatic heterocycles. The maximum atomic E-state index is 13.2. The Hall–Kier alpha value is -1.82. The van der Waals surface area contributed by atoms with E-state index >= 15 is 0 Å². The number of carboxylic acid groups (broad SMARTS) is 1. The van der Waals surface area contributed by atoms with Gasteiger partial charge in [0.25, 0.3) is 0 Å². The van der Waals surface area contributed by atoms with Crippen molar-refractivity contribution in [1.82, 2.24) is 0 Å². The van der Waals surface area contributed by atoms with E-state index in [4.69, 9.17) is 10.2 Å². The van der Waals surface area contributed by atoms with Gasteiger partial charge < -0.3 is 20.1 Å². The monoisotopic (exact) mass is 216 g/mol. The zero-order chi connectivity index (χ0) is 11.6. The van der Waals surface area contributed by atoms with Crippen molar-refractivity contribution in [2.45, 2.75) is 6.10 Å². The normalized spacial score (nSPS) is 12.2. The molecule has 82 valence electrons. The molecule has 0 heterocycles. The van der Waals surface area contributed by atoms with Crippen LogP contribution in [0, 0.1) is 5.82 Å². The Bertz CT molecular complexity index is 367. The van der Waals surface area contributed by atoms with Crippen LogP contribution in [0.4, 0.5) is 4.39 Å². The Labute approximate surface area is 84.3 Å². The largest absolute Gasteiger partial charge is 0.507 e. The van der Waals surface area contributed by atoms with Gasteiger partial charge in [0.2, 0.25) is 0 Å². The minimum atomic E-state index is -2.10. The fourth-order valence-corrected chi connectivity index (χ4v) is 1.09. The van der Waals surface area contributed by atoms with Crippen LogP contribution >= 0.6 is 0 Å². The number of halogens is 1. The van der Waals surface area contributed by atoms with Gasteiger partial charge in [-0.15, -0.1) is 0 Å². The van der Waals surface area contributed by atoms with E-state index in [1.165, 1.54) is 7.11 Å². The van der Waals surface area contributed by atoms with E-state index in [9.17, 15) is 14.3 Å². The molecule has 1 rings (SSSR count). The van der Waals surface area contributed by atoms with Crippen molar-refractivity contribution in [3.63, 3.8) is 0 Å². The molecule has 1 aromatic rings. The first-order chi connectivity index (χ1) is 6.97. The van der Waals surface area contributed by atoms with E-state index in [0.29, 0.717) is 0 Å². The van der Waals surface area contributed by atoms with Crippen molar-refractivity contribution in [2.75, 3.05) is 7.11 Å². The minimum absolute atomic E-state index is 0.0336. The van der Waals surface area contributed by atoms with Crippen LogP contribution in [0.3, 0.4) is 0 Å². The highest BCUT2D eigenvalue weighted by molar-refractivity contribution is 5.75.